The molecule has 20 heavy (non-hydrogen) atoms. The van der Waals surface area contributed by atoms with Gasteiger partial charge in [-0.05, 0) is 24.1 Å². The van der Waals surface area contributed by atoms with E-state index in [0.717, 1.165) is 4.70 Å². The fourth-order valence-corrected chi connectivity index (χ4v) is 3.45. The lowest BCUT2D eigenvalue weighted by Gasteiger charge is -2.48. The van der Waals surface area contributed by atoms with Gasteiger partial charge in [-0.25, -0.2) is 4.39 Å². The highest BCUT2D eigenvalue weighted by molar-refractivity contribution is 7.20. The molecule has 3 rings (SSSR count). The van der Waals surface area contributed by atoms with Crippen molar-refractivity contribution >= 4 is 27.3 Å². The molecule has 0 unspecified atom stereocenters. The maximum atomic E-state index is 13.6. The largest absolute Gasteiger partial charge is 0.386 e. The van der Waals surface area contributed by atoms with E-state index in [0.29, 0.717) is 23.4 Å². The molecular weight excluding hydrogens is 277 g/mol. The molecule has 1 aliphatic heterocycles. The van der Waals surface area contributed by atoms with Crippen molar-refractivity contribution in [2.45, 2.75) is 19.4 Å². The fourth-order valence-electron chi connectivity index (χ4n) is 2.41. The number of fused-ring (bicyclic) bond motifs is 1. The first-order valence-electron chi connectivity index (χ1n) is 6.60. The van der Waals surface area contributed by atoms with Crippen molar-refractivity contribution in [3.63, 3.8) is 0 Å². The van der Waals surface area contributed by atoms with Crippen LogP contribution in [0.3, 0.4) is 0 Å². The van der Waals surface area contributed by atoms with E-state index in [4.69, 9.17) is 0 Å². The summed E-state index contributed by atoms with van der Waals surface area (Å²) in [6.45, 7) is 4.58. The Morgan fingerprint density at radius 3 is 2.75 bits per heavy atom. The van der Waals surface area contributed by atoms with Gasteiger partial charge in [0.05, 0.1) is 18.0 Å². The van der Waals surface area contributed by atoms with Crippen molar-refractivity contribution in [3.8, 4) is 0 Å². The van der Waals surface area contributed by atoms with Crippen molar-refractivity contribution in [2.75, 3.05) is 13.1 Å². The Balaban J connectivity index is 1.83. The first-order chi connectivity index (χ1) is 9.40. The molecule has 1 aromatic carbocycles. The van der Waals surface area contributed by atoms with E-state index in [1.165, 1.54) is 17.4 Å². The monoisotopic (exact) mass is 293 g/mol. The lowest BCUT2D eigenvalue weighted by Crippen LogP contribution is -2.65. The minimum atomic E-state index is -0.780. The number of hydrogen-bond acceptors (Lipinski definition) is 3. The number of benzene rings is 1. The number of amides is 1. The van der Waals surface area contributed by atoms with Crippen molar-refractivity contribution in [1.29, 1.82) is 0 Å². The van der Waals surface area contributed by atoms with E-state index in [1.807, 2.05) is 13.8 Å². The van der Waals surface area contributed by atoms with Crippen molar-refractivity contribution in [1.82, 2.24) is 4.90 Å². The molecule has 1 saturated heterocycles. The van der Waals surface area contributed by atoms with Gasteiger partial charge in [0.2, 0.25) is 0 Å². The highest BCUT2D eigenvalue weighted by Gasteiger charge is 2.46. The number of aliphatic hydroxyl groups is 1. The number of carbonyl (C=O) groups is 1. The summed E-state index contributed by atoms with van der Waals surface area (Å²) < 4.78 is 14.4. The predicted octanol–water partition coefficient (Wildman–Crippen LogP) is 2.88. The van der Waals surface area contributed by atoms with E-state index in [9.17, 15) is 14.3 Å². The first kappa shape index (κ1) is 13.5. The SMILES string of the molecule is CC(C)C1(O)CN(C(=O)c2cc3c(F)cccc3s2)C1. The average molecular weight is 293 g/mol. The first-order valence-corrected chi connectivity index (χ1v) is 7.42. The Kier molecular flexibility index (Phi) is 3.06. The second-order valence-electron chi connectivity index (χ2n) is 5.68. The Labute approximate surface area is 120 Å². The number of β-amino-alcohol motifs (C(OH)–C–C–N with tert-alkyl or cyclic N) is 1. The Hall–Kier alpha value is -1.46. The highest BCUT2D eigenvalue weighted by Crippen LogP contribution is 2.33. The number of halogens is 1. The molecule has 106 valence electrons. The van der Waals surface area contributed by atoms with Gasteiger partial charge < -0.3 is 10.0 Å². The molecule has 0 bridgehead atoms. The van der Waals surface area contributed by atoms with Crippen molar-refractivity contribution in [2.24, 2.45) is 5.92 Å². The summed E-state index contributed by atoms with van der Waals surface area (Å²) in [5.74, 6) is -0.317. The minimum absolute atomic E-state index is 0.117. The van der Waals surface area contributed by atoms with Crippen LogP contribution in [0.15, 0.2) is 24.3 Å². The molecule has 0 radical (unpaired) electrons. The van der Waals surface area contributed by atoms with Gasteiger partial charge in [0.15, 0.2) is 0 Å². The molecule has 0 atom stereocenters. The number of rotatable bonds is 2. The zero-order chi connectivity index (χ0) is 14.5. The number of nitrogens with zero attached hydrogens (tertiary/aromatic N) is 1. The number of likely N-dealkylation sites (tertiary alicyclic amines) is 1. The van der Waals surface area contributed by atoms with Crippen LogP contribution in [-0.4, -0.2) is 34.6 Å². The van der Waals surface area contributed by atoms with Crippen LogP contribution in [0.2, 0.25) is 0 Å². The van der Waals surface area contributed by atoms with Crippen LogP contribution in [0.25, 0.3) is 10.1 Å². The highest BCUT2D eigenvalue weighted by atomic mass is 32.1. The van der Waals surface area contributed by atoms with Gasteiger partial charge in [0.25, 0.3) is 5.91 Å². The van der Waals surface area contributed by atoms with Gasteiger partial charge in [-0.2, -0.15) is 0 Å². The van der Waals surface area contributed by atoms with Gasteiger partial charge in [-0.15, -0.1) is 11.3 Å². The number of carbonyl (C=O) groups excluding carboxylic acids is 1. The maximum Gasteiger partial charge on any atom is 0.264 e. The molecule has 1 fully saturated rings. The summed E-state index contributed by atoms with van der Waals surface area (Å²) in [4.78, 5) is 14.5. The third-order valence-corrected chi connectivity index (χ3v) is 5.10. The summed E-state index contributed by atoms with van der Waals surface area (Å²) in [5.41, 5.74) is -0.780. The van der Waals surface area contributed by atoms with Crippen LogP contribution in [0.4, 0.5) is 4.39 Å². The minimum Gasteiger partial charge on any atom is -0.386 e. The van der Waals surface area contributed by atoms with E-state index < -0.39 is 5.60 Å². The van der Waals surface area contributed by atoms with Gasteiger partial charge in [0, 0.05) is 10.1 Å². The quantitative estimate of drug-likeness (QED) is 0.925. The van der Waals surface area contributed by atoms with Crippen LogP contribution >= 0.6 is 11.3 Å². The van der Waals surface area contributed by atoms with Gasteiger partial charge in [-0.3, -0.25) is 4.79 Å². The molecule has 0 aliphatic carbocycles. The number of hydrogen-bond donors (Lipinski definition) is 1. The molecule has 1 amide bonds. The van der Waals surface area contributed by atoms with E-state index in [-0.39, 0.29) is 17.6 Å². The molecule has 2 aromatic rings. The third-order valence-electron chi connectivity index (χ3n) is 4.01. The van der Waals surface area contributed by atoms with E-state index >= 15 is 0 Å². The van der Waals surface area contributed by atoms with Gasteiger partial charge in [0.1, 0.15) is 11.4 Å². The zero-order valence-corrected chi connectivity index (χ0v) is 12.2. The molecule has 5 heteroatoms. The van der Waals surface area contributed by atoms with Crippen LogP contribution in [-0.2, 0) is 0 Å². The van der Waals surface area contributed by atoms with E-state index in [1.54, 1.807) is 23.1 Å². The number of thiophene rings is 1. The van der Waals surface area contributed by atoms with Crippen molar-refractivity contribution in [3.05, 3.63) is 35.0 Å². The van der Waals surface area contributed by atoms with Crippen molar-refractivity contribution < 1.29 is 14.3 Å². The summed E-state index contributed by atoms with van der Waals surface area (Å²) in [5, 5.41) is 10.7. The molecule has 1 N–H and O–H groups in total. The Morgan fingerprint density at radius 2 is 2.15 bits per heavy atom. The lowest BCUT2D eigenvalue weighted by molar-refractivity contribution is -0.110. The zero-order valence-electron chi connectivity index (χ0n) is 11.4. The average Bonchev–Trinajstić information content (AvgIpc) is 2.79. The lowest BCUT2D eigenvalue weighted by atomic mass is 9.83. The predicted molar refractivity (Wildman–Crippen MR) is 77.5 cm³/mol. The normalized spacial score (nSPS) is 17.6. The molecule has 0 spiro atoms. The van der Waals surface area contributed by atoms with Crippen LogP contribution < -0.4 is 0 Å². The van der Waals surface area contributed by atoms with Crippen LogP contribution in [0.5, 0.6) is 0 Å². The maximum absolute atomic E-state index is 13.6. The fraction of sp³-hybridized carbons (Fsp3) is 0.400. The Bertz CT molecular complexity index is 674. The standard InChI is InChI=1S/C15H16FNO2S/c1-9(2)15(19)7-17(8-15)14(18)13-6-10-11(16)4-3-5-12(10)20-13/h3-6,9,19H,7-8H2,1-2H3. The second kappa shape index (κ2) is 4.53. The summed E-state index contributed by atoms with van der Waals surface area (Å²) in [6, 6.07) is 6.44. The summed E-state index contributed by atoms with van der Waals surface area (Å²) in [6.07, 6.45) is 0. The molecule has 1 aromatic heterocycles. The Morgan fingerprint density at radius 1 is 1.45 bits per heavy atom. The van der Waals surface area contributed by atoms with E-state index in [2.05, 4.69) is 0 Å². The summed E-state index contributed by atoms with van der Waals surface area (Å²) in [7, 11) is 0. The second-order valence-corrected chi connectivity index (χ2v) is 6.77. The van der Waals surface area contributed by atoms with Crippen LogP contribution in [0.1, 0.15) is 23.5 Å². The molecule has 0 saturated carbocycles. The smallest absolute Gasteiger partial charge is 0.264 e. The molecule has 2 heterocycles. The molecule has 3 nitrogen and oxygen atoms in total. The van der Waals surface area contributed by atoms with Gasteiger partial charge in [-0.1, -0.05) is 19.9 Å². The molecule has 1 aliphatic rings. The van der Waals surface area contributed by atoms with Gasteiger partial charge >= 0.3 is 0 Å². The third kappa shape index (κ3) is 2.01. The van der Waals surface area contributed by atoms with Crippen LogP contribution in [0, 0.1) is 11.7 Å². The topological polar surface area (TPSA) is 40.5 Å². The molecular formula is C15H16FNO2S. The summed E-state index contributed by atoms with van der Waals surface area (Å²) >= 11 is 1.29.